The SMILES string of the molecule is CCCC(C)(NC(=O)c1ccc(C(C)(C)C)cn1)C(=O)O. The maximum Gasteiger partial charge on any atom is 0.329 e. The number of carbonyl (C=O) groups is 2. The number of amides is 1. The molecular weight excluding hydrogens is 268 g/mol. The second-order valence-corrected chi connectivity index (χ2v) is 6.52. The summed E-state index contributed by atoms with van der Waals surface area (Å²) in [6, 6.07) is 3.48. The number of aliphatic carboxylic acids is 1. The molecule has 0 radical (unpaired) electrons. The van der Waals surface area contributed by atoms with E-state index in [1.807, 2.05) is 13.0 Å². The van der Waals surface area contributed by atoms with E-state index in [0.29, 0.717) is 12.8 Å². The van der Waals surface area contributed by atoms with Crippen molar-refractivity contribution < 1.29 is 14.7 Å². The largest absolute Gasteiger partial charge is 0.480 e. The Labute approximate surface area is 125 Å². The van der Waals surface area contributed by atoms with Crippen LogP contribution < -0.4 is 5.32 Å². The number of nitrogens with one attached hydrogen (secondary N) is 1. The number of pyridine rings is 1. The van der Waals surface area contributed by atoms with Crippen molar-refractivity contribution in [3.63, 3.8) is 0 Å². The van der Waals surface area contributed by atoms with Crippen molar-refractivity contribution in [2.24, 2.45) is 0 Å². The quantitative estimate of drug-likeness (QED) is 0.874. The molecule has 1 atom stereocenters. The molecule has 1 heterocycles. The van der Waals surface area contributed by atoms with Gasteiger partial charge in [-0.05, 0) is 30.4 Å². The smallest absolute Gasteiger partial charge is 0.329 e. The molecule has 5 nitrogen and oxygen atoms in total. The Morgan fingerprint density at radius 3 is 2.24 bits per heavy atom. The van der Waals surface area contributed by atoms with Crippen molar-refractivity contribution in [2.75, 3.05) is 0 Å². The van der Waals surface area contributed by atoms with E-state index >= 15 is 0 Å². The Morgan fingerprint density at radius 1 is 1.24 bits per heavy atom. The van der Waals surface area contributed by atoms with Crippen LogP contribution in [0.15, 0.2) is 18.3 Å². The summed E-state index contributed by atoms with van der Waals surface area (Å²) in [5, 5.41) is 11.8. The van der Waals surface area contributed by atoms with Crippen LogP contribution in [0.3, 0.4) is 0 Å². The van der Waals surface area contributed by atoms with Crippen molar-refractivity contribution >= 4 is 11.9 Å². The predicted molar refractivity (Wildman–Crippen MR) is 81.4 cm³/mol. The predicted octanol–water partition coefficient (Wildman–Crippen LogP) is 2.75. The molecule has 1 amide bonds. The van der Waals surface area contributed by atoms with Crippen LogP contribution in [0.1, 0.15) is 63.5 Å². The summed E-state index contributed by atoms with van der Waals surface area (Å²) in [5.41, 5.74) is -0.0593. The maximum absolute atomic E-state index is 12.2. The van der Waals surface area contributed by atoms with Crippen molar-refractivity contribution in [3.8, 4) is 0 Å². The Balaban J connectivity index is 2.91. The summed E-state index contributed by atoms with van der Waals surface area (Å²) < 4.78 is 0. The van der Waals surface area contributed by atoms with Crippen LogP contribution in [0.2, 0.25) is 0 Å². The molecule has 0 aliphatic rings. The van der Waals surface area contributed by atoms with Gasteiger partial charge >= 0.3 is 5.97 Å². The Bertz CT molecular complexity index is 517. The van der Waals surface area contributed by atoms with Gasteiger partial charge in [-0.1, -0.05) is 40.2 Å². The number of aromatic nitrogens is 1. The molecule has 2 N–H and O–H groups in total. The highest BCUT2D eigenvalue weighted by Crippen LogP contribution is 2.21. The molecule has 0 saturated heterocycles. The lowest BCUT2D eigenvalue weighted by atomic mass is 9.88. The van der Waals surface area contributed by atoms with E-state index in [9.17, 15) is 14.7 Å². The van der Waals surface area contributed by atoms with E-state index in [0.717, 1.165) is 5.56 Å². The minimum atomic E-state index is -1.27. The van der Waals surface area contributed by atoms with Gasteiger partial charge < -0.3 is 10.4 Å². The summed E-state index contributed by atoms with van der Waals surface area (Å²) in [6.07, 6.45) is 2.69. The van der Waals surface area contributed by atoms with Crippen molar-refractivity contribution in [3.05, 3.63) is 29.6 Å². The average molecular weight is 292 g/mol. The minimum absolute atomic E-state index is 0.0419. The number of rotatable bonds is 5. The highest BCUT2D eigenvalue weighted by molar-refractivity contribution is 5.96. The van der Waals surface area contributed by atoms with Crippen LogP contribution in [0, 0.1) is 0 Å². The van der Waals surface area contributed by atoms with Gasteiger partial charge in [0.1, 0.15) is 11.2 Å². The summed E-state index contributed by atoms with van der Waals surface area (Å²) in [7, 11) is 0. The normalized spacial score (nSPS) is 14.3. The summed E-state index contributed by atoms with van der Waals surface area (Å²) in [5.74, 6) is -1.50. The highest BCUT2D eigenvalue weighted by atomic mass is 16.4. The van der Waals surface area contributed by atoms with Crippen LogP contribution in [-0.4, -0.2) is 27.5 Å². The Kier molecular flexibility index (Phi) is 5.10. The van der Waals surface area contributed by atoms with Gasteiger partial charge in [-0.25, -0.2) is 4.79 Å². The van der Waals surface area contributed by atoms with E-state index in [1.54, 1.807) is 12.3 Å². The maximum atomic E-state index is 12.2. The highest BCUT2D eigenvalue weighted by Gasteiger charge is 2.34. The molecular formula is C16H24N2O3. The third kappa shape index (κ3) is 4.28. The Hall–Kier alpha value is -1.91. The molecule has 0 fully saturated rings. The molecule has 1 aromatic rings. The number of hydrogen-bond acceptors (Lipinski definition) is 3. The van der Waals surface area contributed by atoms with Crippen LogP contribution in [0.5, 0.6) is 0 Å². The molecule has 0 bridgehead atoms. The molecule has 0 spiro atoms. The molecule has 0 aliphatic carbocycles. The van der Waals surface area contributed by atoms with Gasteiger partial charge in [0.15, 0.2) is 0 Å². The van der Waals surface area contributed by atoms with Gasteiger partial charge in [0.25, 0.3) is 5.91 Å². The first-order chi connectivity index (χ1) is 9.60. The first-order valence-electron chi connectivity index (χ1n) is 7.12. The molecule has 5 heteroatoms. The minimum Gasteiger partial charge on any atom is -0.480 e. The number of hydrogen-bond donors (Lipinski definition) is 2. The van der Waals surface area contributed by atoms with Crippen molar-refractivity contribution in [1.82, 2.24) is 10.3 Å². The number of carbonyl (C=O) groups excluding carboxylic acids is 1. The number of carboxylic acids is 1. The molecule has 116 valence electrons. The van der Waals surface area contributed by atoms with Gasteiger partial charge in [-0.3, -0.25) is 9.78 Å². The topological polar surface area (TPSA) is 79.3 Å². The van der Waals surface area contributed by atoms with Gasteiger partial charge in [0.05, 0.1) is 0 Å². The second kappa shape index (κ2) is 6.24. The summed E-state index contributed by atoms with van der Waals surface area (Å²) in [4.78, 5) is 27.6. The first-order valence-corrected chi connectivity index (χ1v) is 7.12. The monoisotopic (exact) mass is 292 g/mol. The van der Waals surface area contributed by atoms with E-state index in [1.165, 1.54) is 6.92 Å². The Morgan fingerprint density at radius 2 is 1.86 bits per heavy atom. The van der Waals surface area contributed by atoms with Gasteiger partial charge in [-0.2, -0.15) is 0 Å². The number of nitrogens with zero attached hydrogens (tertiary/aromatic N) is 1. The van der Waals surface area contributed by atoms with Gasteiger partial charge in [0, 0.05) is 6.20 Å². The fourth-order valence-electron chi connectivity index (χ4n) is 2.01. The zero-order valence-electron chi connectivity index (χ0n) is 13.4. The zero-order valence-corrected chi connectivity index (χ0v) is 13.4. The standard InChI is InChI=1S/C16H24N2O3/c1-6-9-16(5,14(20)21)18-13(19)12-8-7-11(10-17-12)15(2,3)4/h7-8,10H,6,9H2,1-5H3,(H,18,19)(H,20,21). The van der Waals surface area contributed by atoms with Crippen molar-refractivity contribution in [2.45, 2.75) is 58.4 Å². The van der Waals surface area contributed by atoms with Crippen LogP contribution >= 0.6 is 0 Å². The lowest BCUT2D eigenvalue weighted by Crippen LogP contribution is -2.52. The van der Waals surface area contributed by atoms with E-state index in [-0.39, 0.29) is 11.1 Å². The van der Waals surface area contributed by atoms with Crippen LogP contribution in [0.4, 0.5) is 0 Å². The number of carboxylic acid groups (broad SMARTS) is 1. The van der Waals surface area contributed by atoms with Gasteiger partial charge in [0.2, 0.25) is 0 Å². The lowest BCUT2D eigenvalue weighted by molar-refractivity contribution is -0.144. The molecule has 1 aromatic heterocycles. The molecule has 0 saturated carbocycles. The summed E-state index contributed by atoms with van der Waals surface area (Å²) >= 11 is 0. The van der Waals surface area contributed by atoms with Crippen LogP contribution in [-0.2, 0) is 10.2 Å². The first kappa shape index (κ1) is 17.1. The molecule has 1 unspecified atom stereocenters. The molecule has 21 heavy (non-hydrogen) atoms. The van der Waals surface area contributed by atoms with Crippen LogP contribution in [0.25, 0.3) is 0 Å². The van der Waals surface area contributed by atoms with E-state index in [4.69, 9.17) is 0 Å². The second-order valence-electron chi connectivity index (χ2n) is 6.52. The fraction of sp³-hybridized carbons (Fsp3) is 0.562. The third-order valence-corrected chi connectivity index (χ3v) is 3.47. The lowest BCUT2D eigenvalue weighted by Gasteiger charge is -2.25. The summed E-state index contributed by atoms with van der Waals surface area (Å²) in [6.45, 7) is 9.58. The van der Waals surface area contributed by atoms with E-state index < -0.39 is 17.4 Å². The molecule has 0 aromatic carbocycles. The average Bonchev–Trinajstić information content (AvgIpc) is 2.37. The third-order valence-electron chi connectivity index (χ3n) is 3.47. The zero-order chi connectivity index (χ0) is 16.3. The molecule has 1 rings (SSSR count). The van der Waals surface area contributed by atoms with E-state index in [2.05, 4.69) is 31.1 Å². The molecule has 0 aliphatic heterocycles. The van der Waals surface area contributed by atoms with Crippen molar-refractivity contribution in [1.29, 1.82) is 0 Å². The fourth-order valence-corrected chi connectivity index (χ4v) is 2.01. The van der Waals surface area contributed by atoms with Gasteiger partial charge in [-0.15, -0.1) is 0 Å².